The minimum Gasteiger partial charge on any atom is -0.492 e. The Morgan fingerprint density at radius 1 is 1.11 bits per heavy atom. The molecule has 1 heterocycles. The van der Waals surface area contributed by atoms with Gasteiger partial charge in [0.25, 0.3) is 0 Å². The number of nitrogens with one attached hydrogen (secondary N) is 2. The molecule has 0 bridgehead atoms. The second kappa shape index (κ2) is 15.7. The van der Waals surface area contributed by atoms with Gasteiger partial charge in [-0.3, -0.25) is 4.79 Å². The summed E-state index contributed by atoms with van der Waals surface area (Å²) < 4.78 is 6.46. The molecule has 1 fully saturated rings. The Balaban J connectivity index is 1.77. The van der Waals surface area contributed by atoms with Crippen molar-refractivity contribution in [1.29, 1.82) is 0 Å². The van der Waals surface area contributed by atoms with E-state index < -0.39 is 0 Å². The van der Waals surface area contributed by atoms with Crippen LogP contribution in [0.1, 0.15) is 96.9 Å². The number of benzene rings is 1. The first kappa shape index (κ1) is 35.3. The Hall–Kier alpha value is -3.20. The number of carbonyl (C=O) groups is 1. The third-order valence-electron chi connectivity index (χ3n) is 8.41. The van der Waals surface area contributed by atoms with Gasteiger partial charge >= 0.3 is 0 Å². The summed E-state index contributed by atoms with van der Waals surface area (Å²) in [6.07, 6.45) is 7.15. The van der Waals surface area contributed by atoms with Crippen LogP contribution in [-0.2, 0) is 15.6 Å². The maximum Gasteiger partial charge on any atom is 0.223 e. The molecule has 244 valence electrons. The molecule has 2 unspecified atom stereocenters. The molecule has 10 heteroatoms. The Bertz CT molecular complexity index is 1190. The van der Waals surface area contributed by atoms with E-state index in [1.165, 1.54) is 11.3 Å². The van der Waals surface area contributed by atoms with Gasteiger partial charge in [0.05, 0.1) is 13.0 Å². The lowest BCUT2D eigenvalue weighted by Gasteiger charge is -2.37. The highest BCUT2D eigenvalue weighted by Gasteiger charge is 2.30. The summed E-state index contributed by atoms with van der Waals surface area (Å²) in [7, 11) is 2.18. The Kier molecular flexibility index (Phi) is 12.6. The van der Waals surface area contributed by atoms with Crippen molar-refractivity contribution in [3.8, 4) is 5.75 Å². The fraction of sp³-hybridized carbons (Fsp3) is 0.676. The standard InChI is InChI=1S/C34H56N8O2/c1-24(39-30-23-26(11-12-29(30)35)42-18-16-41(8)17-19-42)25-21-27(33(2,3)4)32(28(22-25)34(5,6)7)44-20-13-31(43)37-14-9-10-15-38-40-36/h11,21-24,29,39H,9-10,12-20,35H2,1-8H3,(H,37,43). The summed E-state index contributed by atoms with van der Waals surface area (Å²) in [5, 5.41) is 10.2. The van der Waals surface area contributed by atoms with Gasteiger partial charge in [-0.2, -0.15) is 0 Å². The van der Waals surface area contributed by atoms with Crippen molar-refractivity contribution in [3.63, 3.8) is 0 Å². The average molecular weight is 609 g/mol. The number of carbonyl (C=O) groups excluding carboxylic acids is 1. The van der Waals surface area contributed by atoms with Crippen LogP contribution in [0.2, 0.25) is 0 Å². The van der Waals surface area contributed by atoms with Gasteiger partial charge in [0, 0.05) is 78.8 Å². The van der Waals surface area contributed by atoms with Crippen LogP contribution >= 0.6 is 0 Å². The molecule has 0 saturated carbocycles. The number of piperazine rings is 1. The fourth-order valence-electron chi connectivity index (χ4n) is 5.55. The van der Waals surface area contributed by atoms with Crippen molar-refractivity contribution in [1.82, 2.24) is 20.4 Å². The van der Waals surface area contributed by atoms with E-state index in [9.17, 15) is 4.79 Å². The van der Waals surface area contributed by atoms with Gasteiger partial charge < -0.3 is 30.9 Å². The first-order valence-electron chi connectivity index (χ1n) is 16.2. The molecule has 1 aliphatic carbocycles. The van der Waals surface area contributed by atoms with E-state index in [0.29, 0.717) is 19.7 Å². The summed E-state index contributed by atoms with van der Waals surface area (Å²) in [4.78, 5) is 20.1. The molecule has 0 spiro atoms. The topological polar surface area (TPSA) is 132 Å². The van der Waals surface area contributed by atoms with Crippen LogP contribution in [0.3, 0.4) is 0 Å². The van der Waals surface area contributed by atoms with E-state index in [4.69, 9.17) is 16.0 Å². The predicted molar refractivity (Wildman–Crippen MR) is 180 cm³/mol. The number of hydrogen-bond acceptors (Lipinski definition) is 7. The number of azide groups is 1. The number of nitrogens with two attached hydrogens (primary N) is 1. The van der Waals surface area contributed by atoms with E-state index in [1.807, 2.05) is 0 Å². The summed E-state index contributed by atoms with van der Waals surface area (Å²) in [6, 6.07) is 4.51. The molecule has 44 heavy (non-hydrogen) atoms. The Morgan fingerprint density at radius 2 is 1.75 bits per heavy atom. The van der Waals surface area contributed by atoms with Crippen molar-refractivity contribution in [2.24, 2.45) is 10.8 Å². The molecule has 3 rings (SSSR count). The molecule has 4 N–H and O–H groups in total. The minimum atomic E-state index is -0.170. The quantitative estimate of drug-likeness (QED) is 0.115. The van der Waals surface area contributed by atoms with Gasteiger partial charge in [0.15, 0.2) is 0 Å². The van der Waals surface area contributed by atoms with Crippen molar-refractivity contribution < 1.29 is 9.53 Å². The number of nitrogens with zero attached hydrogens (tertiary/aromatic N) is 5. The van der Waals surface area contributed by atoms with Gasteiger partial charge in [-0.15, -0.1) is 0 Å². The van der Waals surface area contributed by atoms with Crippen molar-refractivity contribution in [2.75, 3.05) is 52.9 Å². The van der Waals surface area contributed by atoms with Gasteiger partial charge in [0.1, 0.15) is 5.75 Å². The maximum absolute atomic E-state index is 12.5. The molecule has 1 aromatic carbocycles. The largest absolute Gasteiger partial charge is 0.492 e. The number of likely N-dealkylation sites (N-methyl/N-ethyl adjacent to an activating group) is 1. The number of ether oxygens (including phenoxy) is 1. The average Bonchev–Trinajstić information content (AvgIpc) is 2.95. The van der Waals surface area contributed by atoms with Crippen LogP contribution in [-0.4, -0.2) is 74.7 Å². The minimum absolute atomic E-state index is 0.0417. The number of unbranched alkanes of at least 4 members (excludes halogenated alkanes) is 1. The first-order chi connectivity index (χ1) is 20.7. The van der Waals surface area contributed by atoms with Crippen LogP contribution < -0.4 is 21.1 Å². The molecule has 0 aromatic heterocycles. The second-order valence-corrected chi connectivity index (χ2v) is 14.3. The van der Waals surface area contributed by atoms with Crippen molar-refractivity contribution in [2.45, 2.75) is 97.1 Å². The second-order valence-electron chi connectivity index (χ2n) is 14.3. The van der Waals surface area contributed by atoms with Crippen LogP contribution in [0.15, 0.2) is 40.8 Å². The van der Waals surface area contributed by atoms with Crippen LogP contribution in [0.5, 0.6) is 5.75 Å². The number of hydrogen-bond donors (Lipinski definition) is 3. The molecular weight excluding hydrogens is 552 g/mol. The molecule has 2 aliphatic rings. The van der Waals surface area contributed by atoms with Crippen LogP contribution in [0, 0.1) is 0 Å². The van der Waals surface area contributed by atoms with Crippen molar-refractivity contribution >= 4 is 5.91 Å². The zero-order valence-corrected chi connectivity index (χ0v) is 28.4. The summed E-state index contributed by atoms with van der Waals surface area (Å²) in [5.41, 5.74) is 20.4. The summed E-state index contributed by atoms with van der Waals surface area (Å²) in [6.45, 7) is 21.0. The molecule has 1 amide bonds. The predicted octanol–water partition coefficient (Wildman–Crippen LogP) is 5.65. The van der Waals surface area contributed by atoms with E-state index in [0.717, 1.165) is 68.0 Å². The van der Waals surface area contributed by atoms with Crippen LogP contribution in [0.4, 0.5) is 0 Å². The van der Waals surface area contributed by atoms with E-state index in [1.54, 1.807) is 0 Å². The van der Waals surface area contributed by atoms with Gasteiger partial charge in [-0.05, 0) is 73.4 Å². The van der Waals surface area contributed by atoms with Crippen LogP contribution in [0.25, 0.3) is 10.4 Å². The number of amides is 1. The van der Waals surface area contributed by atoms with Gasteiger partial charge in [-0.25, -0.2) is 0 Å². The molecule has 0 radical (unpaired) electrons. The lowest BCUT2D eigenvalue weighted by molar-refractivity contribution is -0.121. The molecule has 1 aliphatic heterocycles. The highest BCUT2D eigenvalue weighted by atomic mass is 16.5. The monoisotopic (exact) mass is 608 g/mol. The maximum atomic E-state index is 12.5. The lowest BCUT2D eigenvalue weighted by atomic mass is 9.77. The van der Waals surface area contributed by atoms with Crippen molar-refractivity contribution in [3.05, 3.63) is 62.8 Å². The molecule has 1 saturated heterocycles. The zero-order chi connectivity index (χ0) is 32.5. The smallest absolute Gasteiger partial charge is 0.223 e. The summed E-state index contributed by atoms with van der Waals surface area (Å²) >= 11 is 0. The number of allylic oxidation sites excluding steroid dienone is 1. The third-order valence-corrected chi connectivity index (χ3v) is 8.41. The Labute approximate surface area is 265 Å². The van der Waals surface area contributed by atoms with Gasteiger partial charge in [0.2, 0.25) is 5.91 Å². The molecular formula is C34H56N8O2. The SMILES string of the molecule is CC(NC1=CC(N2CCN(C)CC2)=CCC1N)c1cc(C(C)(C)C)c(OCCC(=O)NCCCCN=[N+]=[N-])c(C(C)(C)C)c1. The zero-order valence-electron chi connectivity index (χ0n) is 28.4. The first-order valence-corrected chi connectivity index (χ1v) is 16.2. The molecule has 10 nitrogen and oxygen atoms in total. The highest BCUT2D eigenvalue weighted by molar-refractivity contribution is 5.76. The fourth-order valence-corrected chi connectivity index (χ4v) is 5.55. The highest BCUT2D eigenvalue weighted by Crippen LogP contribution is 2.42. The van der Waals surface area contributed by atoms with E-state index in [-0.39, 0.29) is 35.2 Å². The van der Waals surface area contributed by atoms with E-state index in [2.05, 4.69) is 110 Å². The lowest BCUT2D eigenvalue weighted by Crippen LogP contribution is -2.44. The van der Waals surface area contributed by atoms with Gasteiger partial charge in [-0.1, -0.05) is 52.7 Å². The van der Waals surface area contributed by atoms with E-state index >= 15 is 0 Å². The molecule has 1 aromatic rings. The third kappa shape index (κ3) is 10.2. The Morgan fingerprint density at radius 3 is 2.34 bits per heavy atom. The number of rotatable bonds is 13. The normalized spacial score (nSPS) is 18.6. The summed E-state index contributed by atoms with van der Waals surface area (Å²) in [5.74, 6) is 0.830. The molecule has 2 atom stereocenters.